The fraction of sp³-hybridized carbons (Fsp3) is 0.529. The minimum absolute atomic E-state index is 0.488. The Hall–Kier alpha value is -1.68. The van der Waals surface area contributed by atoms with Crippen molar-refractivity contribution in [1.82, 2.24) is 20.1 Å². The van der Waals surface area contributed by atoms with Gasteiger partial charge in [0.05, 0.1) is 6.54 Å². The number of nitrogens with one attached hydrogen (secondary N) is 1. The third-order valence-electron chi connectivity index (χ3n) is 4.25. The van der Waals surface area contributed by atoms with Crippen LogP contribution in [-0.2, 0) is 25.9 Å². The summed E-state index contributed by atoms with van der Waals surface area (Å²) in [6.07, 6.45) is 5.84. The van der Waals surface area contributed by atoms with Crippen LogP contribution >= 0.6 is 0 Å². The van der Waals surface area contributed by atoms with Gasteiger partial charge in [-0.3, -0.25) is 0 Å². The predicted octanol–water partition coefficient (Wildman–Crippen LogP) is 2.73. The Balaban J connectivity index is 1.47. The van der Waals surface area contributed by atoms with Crippen molar-refractivity contribution in [2.24, 2.45) is 0 Å². The third kappa shape index (κ3) is 3.70. The number of hydrogen-bond acceptors (Lipinski definition) is 3. The van der Waals surface area contributed by atoms with E-state index in [0.29, 0.717) is 6.04 Å². The molecular weight excluding hydrogens is 260 g/mol. The minimum Gasteiger partial charge on any atom is -0.314 e. The molecule has 2 aromatic rings. The van der Waals surface area contributed by atoms with Gasteiger partial charge in [0, 0.05) is 19.0 Å². The van der Waals surface area contributed by atoms with Crippen LogP contribution in [-0.4, -0.2) is 20.8 Å². The lowest BCUT2D eigenvalue weighted by Crippen LogP contribution is -2.28. The van der Waals surface area contributed by atoms with Gasteiger partial charge in [0.15, 0.2) is 0 Å². The summed E-state index contributed by atoms with van der Waals surface area (Å²) in [4.78, 5) is 0. The lowest BCUT2D eigenvalue weighted by atomic mass is 10.1. The van der Waals surface area contributed by atoms with Crippen molar-refractivity contribution in [3.05, 3.63) is 47.5 Å². The number of nitrogens with zero attached hydrogens (tertiary/aromatic N) is 3. The van der Waals surface area contributed by atoms with Crippen LogP contribution in [0.15, 0.2) is 30.3 Å². The zero-order chi connectivity index (χ0) is 14.5. The van der Waals surface area contributed by atoms with Crippen LogP contribution in [0, 0.1) is 0 Å². The topological polar surface area (TPSA) is 42.7 Å². The van der Waals surface area contributed by atoms with Crippen molar-refractivity contribution < 1.29 is 0 Å². The first-order chi connectivity index (χ1) is 10.3. The monoisotopic (exact) mass is 284 g/mol. The maximum atomic E-state index is 4.34. The molecular formula is C17H24N4. The second-order valence-electron chi connectivity index (χ2n) is 5.95. The van der Waals surface area contributed by atoms with Gasteiger partial charge in [-0.2, -0.15) is 0 Å². The molecule has 1 aromatic heterocycles. The van der Waals surface area contributed by atoms with Crippen LogP contribution in [0.4, 0.5) is 0 Å². The smallest absolute Gasteiger partial charge is 0.147 e. The predicted molar refractivity (Wildman–Crippen MR) is 84.0 cm³/mol. The fourth-order valence-corrected chi connectivity index (χ4v) is 2.89. The Labute approximate surface area is 126 Å². The highest BCUT2D eigenvalue weighted by atomic mass is 15.3. The van der Waals surface area contributed by atoms with Crippen LogP contribution in [0.25, 0.3) is 0 Å². The molecule has 21 heavy (non-hydrogen) atoms. The molecule has 0 aliphatic carbocycles. The average molecular weight is 284 g/mol. The number of hydrogen-bond donors (Lipinski definition) is 1. The summed E-state index contributed by atoms with van der Waals surface area (Å²) in [6.45, 7) is 4.15. The molecule has 1 N–H and O–H groups in total. The average Bonchev–Trinajstić information content (AvgIpc) is 2.95. The summed E-state index contributed by atoms with van der Waals surface area (Å²) < 4.78 is 2.29. The van der Waals surface area contributed by atoms with Crippen molar-refractivity contribution in [1.29, 1.82) is 0 Å². The van der Waals surface area contributed by atoms with Crippen LogP contribution in [0.5, 0.6) is 0 Å². The van der Waals surface area contributed by atoms with E-state index in [0.717, 1.165) is 44.0 Å². The normalized spacial score (nSPS) is 15.7. The molecule has 1 aromatic carbocycles. The third-order valence-corrected chi connectivity index (χ3v) is 4.25. The summed E-state index contributed by atoms with van der Waals surface area (Å²) in [5, 5.41) is 12.2. The number of benzene rings is 1. The van der Waals surface area contributed by atoms with Gasteiger partial charge in [0.25, 0.3) is 0 Å². The molecule has 1 unspecified atom stereocenters. The van der Waals surface area contributed by atoms with Crippen LogP contribution in [0.1, 0.15) is 43.4 Å². The van der Waals surface area contributed by atoms with E-state index in [1.807, 2.05) is 0 Å². The van der Waals surface area contributed by atoms with Crippen molar-refractivity contribution in [3.8, 4) is 0 Å². The second-order valence-corrected chi connectivity index (χ2v) is 5.95. The summed E-state index contributed by atoms with van der Waals surface area (Å²) in [6, 6.07) is 11.2. The molecule has 3 rings (SSSR count). The Morgan fingerprint density at radius 2 is 2.05 bits per heavy atom. The summed E-state index contributed by atoms with van der Waals surface area (Å²) in [7, 11) is 0. The van der Waals surface area contributed by atoms with Gasteiger partial charge in [-0.1, -0.05) is 30.3 Å². The molecule has 1 aliphatic heterocycles. The zero-order valence-electron chi connectivity index (χ0n) is 12.8. The molecule has 0 bridgehead atoms. The maximum Gasteiger partial charge on any atom is 0.147 e. The highest BCUT2D eigenvalue weighted by Crippen LogP contribution is 2.14. The van der Waals surface area contributed by atoms with E-state index < -0.39 is 0 Å². The van der Waals surface area contributed by atoms with E-state index in [4.69, 9.17) is 0 Å². The van der Waals surface area contributed by atoms with E-state index in [9.17, 15) is 0 Å². The molecule has 2 heterocycles. The lowest BCUT2D eigenvalue weighted by Gasteiger charge is -2.17. The first-order valence-corrected chi connectivity index (χ1v) is 8.01. The van der Waals surface area contributed by atoms with Crippen molar-refractivity contribution in [2.75, 3.05) is 0 Å². The Kier molecular flexibility index (Phi) is 4.65. The molecule has 0 spiro atoms. The molecule has 0 saturated heterocycles. The Bertz CT molecular complexity index is 561. The number of rotatable bonds is 6. The summed E-state index contributed by atoms with van der Waals surface area (Å²) in [5.41, 5.74) is 1.41. The van der Waals surface area contributed by atoms with Gasteiger partial charge in [-0.15, -0.1) is 10.2 Å². The van der Waals surface area contributed by atoms with Crippen LogP contribution < -0.4 is 5.32 Å². The SMILES string of the molecule is CC(CCc1ccccc1)NCc1nnc2n1CCCC2. The highest BCUT2D eigenvalue weighted by molar-refractivity contribution is 5.14. The minimum atomic E-state index is 0.488. The van der Waals surface area contributed by atoms with Crippen LogP contribution in [0.2, 0.25) is 0 Å². The van der Waals surface area contributed by atoms with Crippen LogP contribution in [0.3, 0.4) is 0 Å². The van der Waals surface area contributed by atoms with Gasteiger partial charge in [0.2, 0.25) is 0 Å². The molecule has 112 valence electrons. The molecule has 4 nitrogen and oxygen atoms in total. The van der Waals surface area contributed by atoms with E-state index >= 15 is 0 Å². The summed E-state index contributed by atoms with van der Waals surface area (Å²) in [5.74, 6) is 2.26. The lowest BCUT2D eigenvalue weighted by molar-refractivity contribution is 0.467. The fourth-order valence-electron chi connectivity index (χ4n) is 2.89. The summed E-state index contributed by atoms with van der Waals surface area (Å²) >= 11 is 0. The van der Waals surface area contributed by atoms with Gasteiger partial charge in [-0.25, -0.2) is 0 Å². The van der Waals surface area contributed by atoms with E-state index in [1.165, 1.54) is 18.4 Å². The number of fused-ring (bicyclic) bond motifs is 1. The quantitative estimate of drug-likeness (QED) is 0.887. The molecule has 4 heteroatoms. The van der Waals surface area contributed by atoms with Gasteiger partial charge < -0.3 is 9.88 Å². The number of aryl methyl sites for hydroxylation is 2. The molecule has 1 aliphatic rings. The first-order valence-electron chi connectivity index (χ1n) is 8.01. The van der Waals surface area contributed by atoms with E-state index in [2.05, 4.69) is 57.3 Å². The Morgan fingerprint density at radius 3 is 2.90 bits per heavy atom. The van der Waals surface area contributed by atoms with Gasteiger partial charge in [-0.05, 0) is 38.2 Å². The highest BCUT2D eigenvalue weighted by Gasteiger charge is 2.15. The molecule has 0 fully saturated rings. The van der Waals surface area contributed by atoms with E-state index in [-0.39, 0.29) is 0 Å². The largest absolute Gasteiger partial charge is 0.314 e. The molecule has 0 radical (unpaired) electrons. The van der Waals surface area contributed by atoms with E-state index in [1.54, 1.807) is 0 Å². The maximum absolute atomic E-state index is 4.34. The second kappa shape index (κ2) is 6.85. The van der Waals surface area contributed by atoms with Gasteiger partial charge >= 0.3 is 0 Å². The van der Waals surface area contributed by atoms with Crippen molar-refractivity contribution in [3.63, 3.8) is 0 Å². The standard InChI is InChI=1S/C17H24N4/c1-14(10-11-15-7-3-2-4-8-15)18-13-17-20-19-16-9-5-6-12-21(16)17/h2-4,7-8,14,18H,5-6,9-13H2,1H3. The van der Waals surface area contributed by atoms with Crippen molar-refractivity contribution >= 4 is 0 Å². The Morgan fingerprint density at radius 1 is 1.19 bits per heavy atom. The van der Waals surface area contributed by atoms with Crippen molar-refractivity contribution in [2.45, 2.75) is 58.2 Å². The molecule has 1 atom stereocenters. The zero-order valence-corrected chi connectivity index (χ0v) is 12.8. The number of aromatic nitrogens is 3. The first kappa shape index (κ1) is 14.3. The molecule has 0 saturated carbocycles. The molecule has 0 amide bonds. The van der Waals surface area contributed by atoms with Gasteiger partial charge in [0.1, 0.15) is 11.6 Å².